The third-order valence-electron chi connectivity index (χ3n) is 19.3. The van der Waals surface area contributed by atoms with E-state index in [1.165, 1.54) is 0 Å². The first-order valence-corrected chi connectivity index (χ1v) is 24.7. The van der Waals surface area contributed by atoms with Crippen molar-refractivity contribution in [1.82, 2.24) is 0 Å². The lowest BCUT2D eigenvalue weighted by molar-refractivity contribution is -0.359. The molecule has 0 amide bonds. The number of esters is 1. The minimum absolute atomic E-state index is 0.0813. The quantitative estimate of drug-likeness (QED) is 0.0591. The largest absolute Gasteiger partial charge is 0.432 e. The molecule has 5 aliphatic carbocycles. The Hall–Kier alpha value is -1.55. The minimum atomic E-state index is -1.87. The molecular formula is C48H78O21. The fourth-order valence-corrected chi connectivity index (χ4v) is 15.3. The zero-order chi connectivity index (χ0) is 50.7. The summed E-state index contributed by atoms with van der Waals surface area (Å²) in [7, 11) is 0. The van der Waals surface area contributed by atoms with Crippen molar-refractivity contribution in [2.75, 3.05) is 26.4 Å². The van der Waals surface area contributed by atoms with E-state index >= 15 is 0 Å². The van der Waals surface area contributed by atoms with Crippen molar-refractivity contribution < 1.29 is 105 Å². The van der Waals surface area contributed by atoms with Gasteiger partial charge in [-0.2, -0.15) is 0 Å². The van der Waals surface area contributed by atoms with Crippen LogP contribution in [0.4, 0.5) is 0 Å². The maximum absolute atomic E-state index is 14.7. The smallest absolute Gasteiger partial charge is 0.315 e. The van der Waals surface area contributed by atoms with E-state index in [4.69, 9.17) is 28.4 Å². The van der Waals surface area contributed by atoms with Crippen LogP contribution in [0.1, 0.15) is 92.9 Å². The van der Waals surface area contributed by atoms with E-state index in [1.54, 1.807) is 6.92 Å². The van der Waals surface area contributed by atoms with Crippen LogP contribution in [0.5, 0.6) is 0 Å². The number of rotatable bonds is 10. The number of ether oxygens (including phenoxy) is 6. The zero-order valence-electron chi connectivity index (χ0n) is 40.3. The van der Waals surface area contributed by atoms with E-state index in [2.05, 4.69) is 33.8 Å². The van der Waals surface area contributed by atoms with Crippen LogP contribution >= 0.6 is 0 Å². The highest BCUT2D eigenvalue weighted by molar-refractivity contribution is 5.79. The van der Waals surface area contributed by atoms with Gasteiger partial charge in [-0.25, -0.2) is 0 Å². The summed E-state index contributed by atoms with van der Waals surface area (Å²) in [6.45, 7) is 9.80. The Morgan fingerprint density at radius 3 is 1.75 bits per heavy atom. The molecule has 396 valence electrons. The second kappa shape index (κ2) is 19.0. The Balaban J connectivity index is 1.05. The van der Waals surface area contributed by atoms with Crippen LogP contribution in [0, 0.1) is 50.2 Å². The monoisotopic (exact) mass is 991 g/mol. The van der Waals surface area contributed by atoms with E-state index in [1.807, 2.05) is 6.92 Å². The summed E-state index contributed by atoms with van der Waals surface area (Å²) in [5.41, 5.74) is -3.61. The van der Waals surface area contributed by atoms with Gasteiger partial charge in [0.2, 0.25) is 6.29 Å². The molecule has 8 aliphatic rings. The Kier molecular flexibility index (Phi) is 14.8. The van der Waals surface area contributed by atoms with Crippen LogP contribution in [0.2, 0.25) is 0 Å². The van der Waals surface area contributed by atoms with Gasteiger partial charge in [-0.15, -0.1) is 0 Å². The highest BCUT2D eigenvalue weighted by Gasteiger charge is 2.73. The fourth-order valence-electron chi connectivity index (χ4n) is 15.3. The number of hydrogen-bond donors (Lipinski definition) is 14. The van der Waals surface area contributed by atoms with Crippen molar-refractivity contribution >= 4 is 5.97 Å². The molecule has 0 aromatic rings. The number of aliphatic hydroxyl groups is 14. The van der Waals surface area contributed by atoms with E-state index in [9.17, 15) is 76.3 Å². The van der Waals surface area contributed by atoms with Gasteiger partial charge in [0, 0.05) is 11.3 Å². The summed E-state index contributed by atoms with van der Waals surface area (Å²) in [6, 6.07) is 0. The average Bonchev–Trinajstić information content (AvgIpc) is 3.29. The molecule has 3 heterocycles. The van der Waals surface area contributed by atoms with Gasteiger partial charge in [0.1, 0.15) is 73.2 Å². The molecule has 0 aromatic heterocycles. The first-order chi connectivity index (χ1) is 32.2. The van der Waals surface area contributed by atoms with Crippen LogP contribution in [-0.2, 0) is 33.2 Å². The van der Waals surface area contributed by atoms with Gasteiger partial charge in [-0.1, -0.05) is 53.2 Å². The molecule has 0 aromatic carbocycles. The lowest BCUT2D eigenvalue weighted by atomic mass is 9.33. The molecule has 69 heavy (non-hydrogen) atoms. The van der Waals surface area contributed by atoms with E-state index in [0.717, 1.165) is 5.57 Å². The van der Waals surface area contributed by atoms with Crippen molar-refractivity contribution in [3.05, 3.63) is 11.6 Å². The first-order valence-electron chi connectivity index (χ1n) is 24.7. The molecule has 21 heteroatoms. The predicted molar refractivity (Wildman–Crippen MR) is 234 cm³/mol. The maximum atomic E-state index is 14.7. The van der Waals surface area contributed by atoms with E-state index < -0.39 is 176 Å². The van der Waals surface area contributed by atoms with Gasteiger partial charge < -0.3 is 99.9 Å². The van der Waals surface area contributed by atoms with E-state index in [-0.39, 0.29) is 30.1 Å². The molecule has 7 fully saturated rings. The number of aliphatic hydroxyl groups excluding tert-OH is 14. The van der Waals surface area contributed by atoms with Crippen molar-refractivity contribution in [2.24, 2.45) is 50.2 Å². The normalized spacial score (nSPS) is 55.1. The summed E-state index contributed by atoms with van der Waals surface area (Å²) in [5.74, 6) is -1.81. The Morgan fingerprint density at radius 2 is 1.16 bits per heavy atom. The Morgan fingerprint density at radius 1 is 0.623 bits per heavy atom. The molecule has 26 unspecified atom stereocenters. The SMILES string of the molecule is CC1(C)CCC2(C(=O)OC3OC(CO)C(O)C(O)C3O)CCC3(C)C(=CCC4C5(C)CC(O)C(OC6OC(COC7OC(CO)C(O)C(O)C7O)C(O)C(O)C6O)C(C)(CO)C5C(O)CC43C)C2C1. The number of fused-ring (bicyclic) bond motifs is 7. The average molecular weight is 991 g/mol. The van der Waals surface area contributed by atoms with Crippen molar-refractivity contribution in [3.63, 3.8) is 0 Å². The van der Waals surface area contributed by atoms with Crippen LogP contribution in [0.15, 0.2) is 11.6 Å². The number of hydrogen-bond acceptors (Lipinski definition) is 21. The number of carbonyl (C=O) groups excluding carboxylic acids is 1. The van der Waals surface area contributed by atoms with Gasteiger partial charge in [0.25, 0.3) is 0 Å². The van der Waals surface area contributed by atoms with Crippen LogP contribution in [0.3, 0.4) is 0 Å². The van der Waals surface area contributed by atoms with Gasteiger partial charge in [0.05, 0.1) is 50.2 Å². The topological polar surface area (TPSA) is 356 Å². The first kappa shape index (κ1) is 53.7. The van der Waals surface area contributed by atoms with Gasteiger partial charge in [0.15, 0.2) is 12.6 Å². The van der Waals surface area contributed by atoms with Gasteiger partial charge >= 0.3 is 5.97 Å². The molecule has 0 spiro atoms. The minimum Gasteiger partial charge on any atom is -0.432 e. The molecule has 0 radical (unpaired) electrons. The number of carbonyl (C=O) groups is 1. The standard InChI is InChI=1S/C48H78O21/c1-43(2)9-11-48(42(63)69-41-36(62)32(58)29(55)25(17-50)66-41)12-10-46(5)20(21(48)13-43)7-8-27-44(3)14-23(53)38(45(4,19-51)37(44)22(52)15-47(27,46)6)68-40-35(61)33(59)30(56)26(67-40)18-64-39-34(60)31(57)28(54)24(16-49)65-39/h7,21-41,49-62H,8-19H2,1-6H3. The molecule has 8 rings (SSSR count). The van der Waals surface area contributed by atoms with E-state index in [0.29, 0.717) is 38.5 Å². The third-order valence-corrected chi connectivity index (χ3v) is 19.3. The van der Waals surface area contributed by atoms with Gasteiger partial charge in [-0.3, -0.25) is 4.79 Å². The Labute approximate surface area is 401 Å². The summed E-state index contributed by atoms with van der Waals surface area (Å²) in [6.07, 6.45) is -22.7. The molecule has 14 N–H and O–H groups in total. The Bertz CT molecular complexity index is 1890. The van der Waals surface area contributed by atoms with Crippen LogP contribution in [-0.4, -0.2) is 214 Å². The molecule has 3 saturated heterocycles. The molecule has 3 aliphatic heterocycles. The van der Waals surface area contributed by atoms with Crippen LogP contribution in [0.25, 0.3) is 0 Å². The van der Waals surface area contributed by atoms with Crippen LogP contribution < -0.4 is 0 Å². The summed E-state index contributed by atoms with van der Waals surface area (Å²) >= 11 is 0. The maximum Gasteiger partial charge on any atom is 0.315 e. The summed E-state index contributed by atoms with van der Waals surface area (Å²) < 4.78 is 34.9. The highest BCUT2D eigenvalue weighted by Crippen LogP contribution is 2.76. The van der Waals surface area contributed by atoms with Crippen molar-refractivity contribution in [2.45, 2.75) is 203 Å². The molecule has 4 saturated carbocycles. The number of allylic oxidation sites excluding steroid dienone is 2. The highest BCUT2D eigenvalue weighted by atomic mass is 16.7. The van der Waals surface area contributed by atoms with Crippen molar-refractivity contribution in [3.8, 4) is 0 Å². The van der Waals surface area contributed by atoms with Crippen molar-refractivity contribution in [1.29, 1.82) is 0 Å². The molecule has 26 atom stereocenters. The zero-order valence-corrected chi connectivity index (χ0v) is 40.3. The molecule has 21 nitrogen and oxygen atoms in total. The van der Waals surface area contributed by atoms with Gasteiger partial charge in [-0.05, 0) is 84.9 Å². The lowest BCUT2D eigenvalue weighted by Gasteiger charge is -2.72. The second-order valence-electron chi connectivity index (χ2n) is 23.7. The molecule has 0 bridgehead atoms. The summed E-state index contributed by atoms with van der Waals surface area (Å²) in [4.78, 5) is 14.7. The summed E-state index contributed by atoms with van der Waals surface area (Å²) in [5, 5.41) is 152. The lowest BCUT2D eigenvalue weighted by Crippen LogP contribution is -2.72. The fraction of sp³-hybridized carbons (Fsp3) is 0.938. The third kappa shape index (κ3) is 8.38. The second-order valence-corrected chi connectivity index (χ2v) is 23.7. The predicted octanol–water partition coefficient (Wildman–Crippen LogP) is -2.95. The molecular weight excluding hydrogens is 913 g/mol.